The van der Waals surface area contributed by atoms with Crippen molar-refractivity contribution < 1.29 is 4.74 Å². The molecule has 0 bridgehead atoms. The maximum absolute atomic E-state index is 6.76. The zero-order chi connectivity index (χ0) is 31.7. The van der Waals surface area contributed by atoms with Gasteiger partial charge in [0, 0.05) is 28.3 Å². The van der Waals surface area contributed by atoms with Gasteiger partial charge in [0.1, 0.15) is 11.5 Å². The Labute approximate surface area is 274 Å². The molecule has 5 heterocycles. The fourth-order valence-corrected chi connectivity index (χ4v) is 7.96. The minimum Gasteiger partial charge on any atom is -0.457 e. The summed E-state index contributed by atoms with van der Waals surface area (Å²) in [7, 11) is 0. The second-order valence-corrected chi connectivity index (χ2v) is 13.2. The summed E-state index contributed by atoms with van der Waals surface area (Å²) in [4.78, 5) is 10.2. The molecule has 1 aliphatic heterocycles. The number of rotatable bonds is 2. The van der Waals surface area contributed by atoms with E-state index in [4.69, 9.17) is 14.7 Å². The maximum Gasteiger partial charge on any atom is 0.220 e. The third-order valence-electron chi connectivity index (χ3n) is 10.2. The summed E-state index contributed by atoms with van der Waals surface area (Å²) in [5.74, 6) is 3.50. The van der Waals surface area contributed by atoms with Gasteiger partial charge in [-0.1, -0.05) is 68.4 Å². The highest BCUT2D eigenvalue weighted by atomic mass is 16.5. The van der Waals surface area contributed by atoms with E-state index < -0.39 is 0 Å². The summed E-state index contributed by atoms with van der Waals surface area (Å²) in [6, 6.07) is 46.8. The van der Waals surface area contributed by atoms with Crippen molar-refractivity contribution in [1.82, 2.24) is 27.9 Å². The number of aromatic nitrogens is 6. The number of benzene rings is 6. The van der Waals surface area contributed by atoms with Crippen molar-refractivity contribution in [3.05, 3.63) is 145 Å². The van der Waals surface area contributed by atoms with Crippen LogP contribution < -0.4 is 4.74 Å². The van der Waals surface area contributed by atoms with Crippen molar-refractivity contribution in [2.75, 3.05) is 0 Å². The number of ether oxygens (including phenoxy) is 1. The predicted molar refractivity (Wildman–Crippen MR) is 191 cm³/mol. The van der Waals surface area contributed by atoms with Crippen LogP contribution in [0, 0.1) is 0 Å². The van der Waals surface area contributed by atoms with E-state index in [1.807, 2.05) is 12.1 Å². The van der Waals surface area contributed by atoms with Gasteiger partial charge in [-0.15, -0.1) is 0 Å². The molecule has 0 aliphatic carbocycles. The van der Waals surface area contributed by atoms with E-state index in [1.54, 1.807) is 0 Å². The Morgan fingerprint density at radius 1 is 0.458 bits per heavy atom. The standard InChI is InChI=1S/C41H28N6O/c1-41(2)27-21-19-26(45-34-16-8-10-18-36(34)47-32-14-6-4-12-30(32)43-40(45)47)24-38(27)48-37-22-20-25(23-28(37)41)44-33-15-7-9-17-35(33)46-31-13-5-3-11-29(31)42-39(44)46/h3-24H,1-2H3. The average Bonchev–Trinajstić information content (AvgIpc) is 3.84. The van der Waals surface area contributed by atoms with Crippen molar-refractivity contribution in [3.8, 4) is 22.9 Å². The number of nitrogens with zero attached hydrogens (tertiary/aromatic N) is 6. The van der Waals surface area contributed by atoms with E-state index in [2.05, 4.69) is 153 Å². The van der Waals surface area contributed by atoms with Gasteiger partial charge >= 0.3 is 0 Å². The first-order chi connectivity index (χ1) is 23.6. The molecule has 0 unspecified atom stereocenters. The molecule has 0 saturated heterocycles. The van der Waals surface area contributed by atoms with E-state index in [1.165, 1.54) is 0 Å². The van der Waals surface area contributed by atoms with Crippen LogP contribution in [0.4, 0.5) is 0 Å². The smallest absolute Gasteiger partial charge is 0.220 e. The first kappa shape index (κ1) is 25.8. The van der Waals surface area contributed by atoms with Gasteiger partial charge in [0.05, 0.1) is 49.8 Å². The Bertz CT molecular complexity index is 2970. The predicted octanol–water partition coefficient (Wildman–Crippen LogP) is 9.61. The monoisotopic (exact) mass is 620 g/mol. The van der Waals surface area contributed by atoms with Crippen molar-refractivity contribution >= 4 is 55.7 Å². The minimum atomic E-state index is -0.313. The second kappa shape index (κ2) is 8.92. The van der Waals surface area contributed by atoms with Crippen LogP contribution in [0.25, 0.3) is 67.1 Å². The molecule has 228 valence electrons. The second-order valence-electron chi connectivity index (χ2n) is 13.2. The molecule has 7 nitrogen and oxygen atoms in total. The molecular weight excluding hydrogens is 592 g/mol. The highest BCUT2D eigenvalue weighted by Crippen LogP contribution is 2.49. The van der Waals surface area contributed by atoms with Gasteiger partial charge in [0.25, 0.3) is 0 Å². The van der Waals surface area contributed by atoms with E-state index in [0.717, 1.165) is 89.7 Å². The van der Waals surface area contributed by atoms with Gasteiger partial charge in [0.2, 0.25) is 11.6 Å². The highest BCUT2D eigenvalue weighted by Gasteiger charge is 2.35. The van der Waals surface area contributed by atoms with Gasteiger partial charge in [-0.3, -0.25) is 17.9 Å². The molecule has 0 N–H and O–H groups in total. The summed E-state index contributed by atoms with van der Waals surface area (Å²) in [6.07, 6.45) is 0. The van der Waals surface area contributed by atoms with Gasteiger partial charge in [-0.05, 0) is 72.8 Å². The normalized spacial score (nSPS) is 14.0. The number of hydrogen-bond donors (Lipinski definition) is 0. The molecule has 0 spiro atoms. The lowest BCUT2D eigenvalue weighted by molar-refractivity contribution is 0.418. The number of para-hydroxylation sites is 8. The zero-order valence-corrected chi connectivity index (χ0v) is 26.3. The minimum absolute atomic E-state index is 0.313. The Morgan fingerprint density at radius 2 is 0.938 bits per heavy atom. The van der Waals surface area contributed by atoms with E-state index in [9.17, 15) is 0 Å². The van der Waals surface area contributed by atoms with Crippen LogP contribution in [-0.2, 0) is 5.41 Å². The fourth-order valence-electron chi connectivity index (χ4n) is 7.96. The van der Waals surface area contributed by atoms with Crippen molar-refractivity contribution in [2.45, 2.75) is 19.3 Å². The molecule has 0 saturated carbocycles. The van der Waals surface area contributed by atoms with Crippen LogP contribution >= 0.6 is 0 Å². The van der Waals surface area contributed by atoms with Crippen LogP contribution in [0.5, 0.6) is 11.5 Å². The van der Waals surface area contributed by atoms with Crippen LogP contribution in [-0.4, -0.2) is 27.9 Å². The molecule has 7 heteroatoms. The molecule has 48 heavy (non-hydrogen) atoms. The summed E-state index contributed by atoms with van der Waals surface area (Å²) < 4.78 is 15.8. The first-order valence-electron chi connectivity index (χ1n) is 16.3. The Morgan fingerprint density at radius 3 is 1.52 bits per heavy atom. The van der Waals surface area contributed by atoms with Crippen molar-refractivity contribution in [3.63, 3.8) is 0 Å². The van der Waals surface area contributed by atoms with Crippen LogP contribution in [0.1, 0.15) is 25.0 Å². The lowest BCUT2D eigenvalue weighted by Gasteiger charge is -2.35. The number of imidazole rings is 4. The lowest BCUT2D eigenvalue weighted by Crippen LogP contribution is -2.24. The fraction of sp³-hybridized carbons (Fsp3) is 0.0732. The number of fused-ring (bicyclic) bond motifs is 12. The van der Waals surface area contributed by atoms with Gasteiger partial charge in [-0.2, -0.15) is 0 Å². The molecule has 10 aromatic rings. The topological polar surface area (TPSA) is 53.7 Å². The summed E-state index contributed by atoms with van der Waals surface area (Å²) in [5, 5.41) is 0. The van der Waals surface area contributed by atoms with Crippen LogP contribution in [0.3, 0.4) is 0 Å². The van der Waals surface area contributed by atoms with E-state index in [-0.39, 0.29) is 5.41 Å². The molecule has 11 rings (SSSR count). The SMILES string of the molecule is CC1(C)c2ccc(-n3c4ccccc4n4c5ccccc5nc34)cc2Oc2ccc(-n3c4ccccc4n4c5ccccc5nc34)cc21. The quantitative estimate of drug-likeness (QED) is 0.193. The van der Waals surface area contributed by atoms with E-state index >= 15 is 0 Å². The van der Waals surface area contributed by atoms with Gasteiger partial charge in [0.15, 0.2) is 0 Å². The molecule has 4 aromatic heterocycles. The molecule has 6 aromatic carbocycles. The first-order valence-corrected chi connectivity index (χ1v) is 16.3. The van der Waals surface area contributed by atoms with Crippen LogP contribution in [0.15, 0.2) is 133 Å². The lowest BCUT2D eigenvalue weighted by atomic mass is 9.75. The maximum atomic E-state index is 6.76. The molecular formula is C41H28N6O. The Kier molecular flexibility index (Phi) is 4.80. The largest absolute Gasteiger partial charge is 0.457 e. The average molecular weight is 621 g/mol. The molecule has 0 atom stereocenters. The third kappa shape index (κ3) is 3.22. The number of hydrogen-bond acceptors (Lipinski definition) is 3. The summed E-state index contributed by atoms with van der Waals surface area (Å²) >= 11 is 0. The molecule has 0 radical (unpaired) electrons. The van der Waals surface area contributed by atoms with Crippen LogP contribution in [0.2, 0.25) is 0 Å². The third-order valence-corrected chi connectivity index (χ3v) is 10.2. The van der Waals surface area contributed by atoms with Gasteiger partial charge < -0.3 is 4.74 Å². The van der Waals surface area contributed by atoms with Crippen molar-refractivity contribution in [1.29, 1.82) is 0 Å². The molecule has 0 amide bonds. The molecule has 0 fully saturated rings. The summed E-state index contributed by atoms with van der Waals surface area (Å²) in [6.45, 7) is 4.57. The summed E-state index contributed by atoms with van der Waals surface area (Å²) in [5.41, 5.74) is 12.7. The van der Waals surface area contributed by atoms with Crippen molar-refractivity contribution in [2.24, 2.45) is 0 Å². The van der Waals surface area contributed by atoms with Gasteiger partial charge in [-0.25, -0.2) is 9.97 Å². The molecule has 1 aliphatic rings. The highest BCUT2D eigenvalue weighted by molar-refractivity contribution is 5.93. The van der Waals surface area contributed by atoms with E-state index in [0.29, 0.717) is 0 Å². The Balaban J connectivity index is 1.08. The zero-order valence-electron chi connectivity index (χ0n) is 26.3. The Hall–Kier alpha value is -6.34.